The number of hydrogen-bond acceptors (Lipinski definition) is 5. The van der Waals surface area contributed by atoms with E-state index in [9.17, 15) is 22.8 Å². The number of methoxy groups -OCH3 is 1. The van der Waals surface area contributed by atoms with Crippen molar-refractivity contribution in [3.8, 4) is 0 Å². The van der Waals surface area contributed by atoms with Gasteiger partial charge in [-0.05, 0) is 23.8 Å². The fraction of sp³-hybridized carbons (Fsp3) is 0.133. The molecular formula is C15H11F3N2O3S. The predicted molar refractivity (Wildman–Crippen MR) is 82.6 cm³/mol. The van der Waals surface area contributed by atoms with Crippen LogP contribution in [0.2, 0.25) is 0 Å². The van der Waals surface area contributed by atoms with E-state index in [1.807, 2.05) is 0 Å². The van der Waals surface area contributed by atoms with Crippen LogP contribution in [0, 0.1) is 0 Å². The highest BCUT2D eigenvalue weighted by atomic mass is 32.1. The zero-order valence-electron chi connectivity index (χ0n) is 12.3. The molecule has 0 saturated heterocycles. The van der Waals surface area contributed by atoms with Gasteiger partial charge in [0.2, 0.25) is 5.91 Å². The molecule has 2 rings (SSSR count). The van der Waals surface area contributed by atoms with E-state index in [1.54, 1.807) is 12.1 Å². The third-order valence-corrected chi connectivity index (χ3v) is 3.54. The van der Waals surface area contributed by atoms with Crippen LogP contribution >= 0.6 is 11.3 Å². The molecule has 0 bridgehead atoms. The fourth-order valence-corrected chi connectivity index (χ4v) is 2.35. The lowest BCUT2D eigenvalue weighted by Crippen LogP contribution is -2.09. The third kappa shape index (κ3) is 4.66. The number of nitrogens with zero attached hydrogens (tertiary/aromatic N) is 1. The van der Waals surface area contributed by atoms with E-state index < -0.39 is 23.7 Å². The summed E-state index contributed by atoms with van der Waals surface area (Å²) in [5.41, 5.74) is -0.0559. The van der Waals surface area contributed by atoms with Crippen LogP contribution in [-0.4, -0.2) is 24.0 Å². The quantitative estimate of drug-likeness (QED) is 0.671. The maximum absolute atomic E-state index is 12.4. The molecule has 5 nitrogen and oxygen atoms in total. The minimum Gasteiger partial charge on any atom is -0.465 e. The maximum atomic E-state index is 12.4. The first-order chi connectivity index (χ1) is 11.3. The molecule has 0 aliphatic carbocycles. The van der Waals surface area contributed by atoms with Crippen molar-refractivity contribution in [1.29, 1.82) is 0 Å². The molecule has 0 aliphatic heterocycles. The molecule has 0 fully saturated rings. The van der Waals surface area contributed by atoms with Crippen molar-refractivity contribution >= 4 is 34.4 Å². The molecule has 9 heteroatoms. The summed E-state index contributed by atoms with van der Waals surface area (Å²) in [5, 5.41) is 2.93. The lowest BCUT2D eigenvalue weighted by atomic mass is 10.1. The van der Waals surface area contributed by atoms with Gasteiger partial charge >= 0.3 is 12.1 Å². The van der Waals surface area contributed by atoms with E-state index in [4.69, 9.17) is 0 Å². The zero-order chi connectivity index (χ0) is 17.7. The molecule has 1 amide bonds. The van der Waals surface area contributed by atoms with Gasteiger partial charge in [-0.25, -0.2) is 9.78 Å². The molecule has 1 N–H and O–H groups in total. The molecule has 0 atom stereocenters. The monoisotopic (exact) mass is 356 g/mol. The lowest BCUT2D eigenvalue weighted by molar-refractivity contribution is -0.140. The molecule has 1 aromatic heterocycles. The molecule has 0 aliphatic rings. The average molecular weight is 356 g/mol. The molecule has 1 heterocycles. The number of esters is 1. The number of carbonyl (C=O) groups is 2. The van der Waals surface area contributed by atoms with Gasteiger partial charge < -0.3 is 4.74 Å². The Balaban J connectivity index is 1.98. The number of carbonyl (C=O) groups excluding carboxylic acids is 2. The van der Waals surface area contributed by atoms with Crippen LogP contribution in [0.4, 0.5) is 18.3 Å². The lowest BCUT2D eigenvalue weighted by Gasteiger charge is -2.00. The summed E-state index contributed by atoms with van der Waals surface area (Å²) >= 11 is 0.686. The number of ether oxygens (including phenoxy) is 1. The second kappa shape index (κ2) is 7.26. The zero-order valence-corrected chi connectivity index (χ0v) is 13.1. The first-order valence-corrected chi connectivity index (χ1v) is 7.37. The van der Waals surface area contributed by atoms with Crippen molar-refractivity contribution in [3.63, 3.8) is 0 Å². The summed E-state index contributed by atoms with van der Waals surface area (Å²) < 4.78 is 41.8. The summed E-state index contributed by atoms with van der Waals surface area (Å²) in [4.78, 5) is 26.2. The first-order valence-electron chi connectivity index (χ1n) is 6.50. The van der Waals surface area contributed by atoms with E-state index in [0.29, 0.717) is 22.5 Å². The molecule has 0 spiro atoms. The highest BCUT2D eigenvalue weighted by Gasteiger charge is 2.33. The maximum Gasteiger partial charge on any atom is 0.434 e. The smallest absolute Gasteiger partial charge is 0.434 e. The molecule has 126 valence electrons. The summed E-state index contributed by atoms with van der Waals surface area (Å²) in [7, 11) is 1.27. The molecule has 0 radical (unpaired) electrons. The Kier molecular flexibility index (Phi) is 5.35. The van der Waals surface area contributed by atoms with Gasteiger partial charge in [-0.2, -0.15) is 13.2 Å². The van der Waals surface area contributed by atoms with E-state index in [1.165, 1.54) is 25.3 Å². The van der Waals surface area contributed by atoms with E-state index in [2.05, 4.69) is 15.0 Å². The number of nitrogens with one attached hydrogen (secondary N) is 1. The Hall–Kier alpha value is -2.68. The van der Waals surface area contributed by atoms with Crippen LogP contribution in [0.3, 0.4) is 0 Å². The van der Waals surface area contributed by atoms with Gasteiger partial charge in [0.1, 0.15) is 0 Å². The van der Waals surface area contributed by atoms with E-state index in [0.717, 1.165) is 11.5 Å². The molecular weight excluding hydrogens is 345 g/mol. The standard InChI is InChI=1S/C15H11F3N2O3S/c1-23-13(22)10-5-2-9(3-6-10)4-7-12(21)20-14-19-11(8-24-14)15(16,17)18/h2-8H,1H3,(H,19,20,21)/b7-4+. The number of anilines is 1. The van der Waals surface area contributed by atoms with Crippen molar-refractivity contribution in [1.82, 2.24) is 4.98 Å². The second-order valence-corrected chi connectivity index (χ2v) is 5.33. The van der Waals surface area contributed by atoms with Crippen molar-refractivity contribution in [2.45, 2.75) is 6.18 Å². The van der Waals surface area contributed by atoms with Gasteiger partial charge in [-0.15, -0.1) is 11.3 Å². The van der Waals surface area contributed by atoms with E-state index >= 15 is 0 Å². The largest absolute Gasteiger partial charge is 0.465 e. The minimum absolute atomic E-state index is 0.141. The van der Waals surface area contributed by atoms with Gasteiger partial charge in [0, 0.05) is 11.5 Å². The van der Waals surface area contributed by atoms with Crippen LogP contribution < -0.4 is 5.32 Å². The summed E-state index contributed by atoms with van der Waals surface area (Å²) in [6.45, 7) is 0. The van der Waals surface area contributed by atoms with Crippen LogP contribution in [-0.2, 0) is 15.7 Å². The average Bonchev–Trinajstić information content (AvgIpc) is 3.01. The first kappa shape index (κ1) is 17.7. The van der Waals surface area contributed by atoms with Crippen molar-refractivity contribution in [2.75, 3.05) is 12.4 Å². The number of rotatable bonds is 4. The third-order valence-electron chi connectivity index (χ3n) is 2.78. The Bertz CT molecular complexity index is 767. The highest BCUT2D eigenvalue weighted by Crippen LogP contribution is 2.31. The van der Waals surface area contributed by atoms with Gasteiger partial charge in [0.15, 0.2) is 10.8 Å². The van der Waals surface area contributed by atoms with Gasteiger partial charge in [0.25, 0.3) is 0 Å². The summed E-state index contributed by atoms with van der Waals surface area (Å²) in [6.07, 6.45) is -1.94. The Morgan fingerprint density at radius 1 is 1.25 bits per heavy atom. The Morgan fingerprint density at radius 3 is 2.46 bits per heavy atom. The van der Waals surface area contributed by atoms with Crippen LogP contribution in [0.25, 0.3) is 6.08 Å². The SMILES string of the molecule is COC(=O)c1ccc(/C=C/C(=O)Nc2nc(C(F)(F)F)cs2)cc1. The van der Waals surface area contributed by atoms with Crippen LogP contribution in [0.1, 0.15) is 21.6 Å². The van der Waals surface area contributed by atoms with Gasteiger partial charge in [-0.3, -0.25) is 10.1 Å². The predicted octanol–water partition coefficient (Wildman–Crippen LogP) is 3.60. The summed E-state index contributed by atoms with van der Waals surface area (Å²) in [5.74, 6) is -1.09. The van der Waals surface area contributed by atoms with Crippen molar-refractivity contribution < 1.29 is 27.5 Å². The number of benzene rings is 1. The highest BCUT2D eigenvalue weighted by molar-refractivity contribution is 7.14. The molecule has 24 heavy (non-hydrogen) atoms. The van der Waals surface area contributed by atoms with Crippen LogP contribution in [0.15, 0.2) is 35.7 Å². The van der Waals surface area contributed by atoms with Crippen molar-refractivity contribution in [2.24, 2.45) is 0 Å². The van der Waals surface area contributed by atoms with Gasteiger partial charge in [-0.1, -0.05) is 12.1 Å². The van der Waals surface area contributed by atoms with Crippen LogP contribution in [0.5, 0.6) is 0 Å². The number of aromatic nitrogens is 1. The normalized spacial score (nSPS) is 11.5. The molecule has 0 unspecified atom stereocenters. The van der Waals surface area contributed by atoms with Gasteiger partial charge in [0.05, 0.1) is 12.7 Å². The number of alkyl halides is 3. The molecule has 1 aromatic carbocycles. The number of thiazole rings is 1. The number of hydrogen-bond donors (Lipinski definition) is 1. The topological polar surface area (TPSA) is 68.3 Å². The summed E-state index contributed by atoms with van der Waals surface area (Å²) in [6, 6.07) is 6.25. The molecule has 2 aromatic rings. The number of amides is 1. The minimum atomic E-state index is -4.54. The number of halogens is 3. The van der Waals surface area contributed by atoms with E-state index in [-0.39, 0.29) is 5.13 Å². The van der Waals surface area contributed by atoms with Crippen molar-refractivity contribution in [3.05, 3.63) is 52.5 Å². The second-order valence-electron chi connectivity index (χ2n) is 4.47. The fourth-order valence-electron chi connectivity index (χ4n) is 1.63. The Labute approximate surface area is 138 Å². The molecule has 0 saturated carbocycles. The Morgan fingerprint density at radius 2 is 1.92 bits per heavy atom.